The molecule has 4 heteroatoms. The van der Waals surface area contributed by atoms with Crippen LogP contribution < -0.4 is 11.1 Å². The summed E-state index contributed by atoms with van der Waals surface area (Å²) in [7, 11) is 0. The van der Waals surface area contributed by atoms with Crippen molar-refractivity contribution >= 4 is 23.2 Å². The lowest BCUT2D eigenvalue weighted by atomic mass is 10.2. The highest BCUT2D eigenvalue weighted by atomic mass is 35.5. The molecule has 0 saturated heterocycles. The molecule has 0 atom stereocenters. The van der Waals surface area contributed by atoms with Gasteiger partial charge in [0.2, 0.25) is 5.91 Å². The minimum atomic E-state index is -0.114. The number of rotatable bonds is 2. The molecular weight excluding hydrogens is 188 g/mol. The van der Waals surface area contributed by atoms with Crippen LogP contribution in [0.25, 0.3) is 0 Å². The molecule has 0 aliphatic heterocycles. The number of hydrogen-bond donors (Lipinski definition) is 2. The first kappa shape index (κ1) is 10.0. The molecule has 0 fully saturated rings. The first-order valence-electron chi connectivity index (χ1n) is 3.89. The molecule has 1 amide bonds. The van der Waals surface area contributed by atoms with Crippen molar-refractivity contribution in [1.29, 1.82) is 0 Å². The second kappa shape index (κ2) is 4.25. The molecule has 0 aromatic heterocycles. The van der Waals surface area contributed by atoms with E-state index in [1.165, 1.54) is 6.92 Å². The fourth-order valence-electron chi connectivity index (χ4n) is 1.04. The van der Waals surface area contributed by atoms with Gasteiger partial charge in [-0.15, -0.1) is 0 Å². The zero-order valence-corrected chi connectivity index (χ0v) is 8.06. The summed E-state index contributed by atoms with van der Waals surface area (Å²) in [5.41, 5.74) is 7.04. The summed E-state index contributed by atoms with van der Waals surface area (Å²) in [6.45, 7) is 1.81. The number of amides is 1. The van der Waals surface area contributed by atoms with E-state index in [1.807, 2.05) is 0 Å². The molecule has 0 radical (unpaired) electrons. The smallest absolute Gasteiger partial charge is 0.221 e. The third-order valence-electron chi connectivity index (χ3n) is 1.60. The Morgan fingerprint density at radius 3 is 2.85 bits per heavy atom. The normalized spacial score (nSPS) is 9.77. The molecule has 70 valence electrons. The monoisotopic (exact) mass is 198 g/mol. The van der Waals surface area contributed by atoms with Crippen LogP contribution in [0.5, 0.6) is 0 Å². The quantitative estimate of drug-likeness (QED) is 0.761. The van der Waals surface area contributed by atoms with Gasteiger partial charge in [-0.2, -0.15) is 0 Å². The summed E-state index contributed by atoms with van der Waals surface area (Å²) in [5, 5.41) is 3.29. The minimum absolute atomic E-state index is 0.114. The maximum absolute atomic E-state index is 10.8. The maximum Gasteiger partial charge on any atom is 0.221 e. The fourth-order valence-corrected chi connectivity index (χ4v) is 1.24. The number of anilines is 1. The van der Waals surface area contributed by atoms with E-state index >= 15 is 0 Å². The Hall–Kier alpha value is -1.06. The number of benzene rings is 1. The average molecular weight is 199 g/mol. The topological polar surface area (TPSA) is 55.1 Å². The van der Waals surface area contributed by atoms with Crippen LogP contribution in [-0.2, 0) is 11.3 Å². The molecule has 0 heterocycles. The molecule has 0 unspecified atom stereocenters. The van der Waals surface area contributed by atoms with E-state index in [9.17, 15) is 4.79 Å². The Kier molecular flexibility index (Phi) is 3.28. The van der Waals surface area contributed by atoms with Crippen molar-refractivity contribution in [3.63, 3.8) is 0 Å². The fraction of sp³-hybridized carbons (Fsp3) is 0.222. The van der Waals surface area contributed by atoms with E-state index < -0.39 is 0 Å². The predicted octanol–water partition coefficient (Wildman–Crippen LogP) is 1.76. The Labute approximate surface area is 81.9 Å². The number of carbonyl (C=O) groups excluding carboxylic acids is 1. The van der Waals surface area contributed by atoms with Crippen LogP contribution in [0.1, 0.15) is 12.5 Å². The summed E-state index contributed by atoms with van der Waals surface area (Å²) in [5.74, 6) is -0.114. The molecule has 3 N–H and O–H groups in total. The van der Waals surface area contributed by atoms with Crippen LogP contribution in [0.2, 0.25) is 5.02 Å². The number of nitrogens with two attached hydrogens (primary N) is 1. The van der Waals surface area contributed by atoms with Crippen LogP contribution in [0.4, 0.5) is 5.69 Å². The van der Waals surface area contributed by atoms with E-state index in [4.69, 9.17) is 17.3 Å². The highest BCUT2D eigenvalue weighted by Gasteiger charge is 2.02. The van der Waals surface area contributed by atoms with Gasteiger partial charge in [-0.3, -0.25) is 4.79 Å². The molecule has 1 rings (SSSR count). The highest BCUT2D eigenvalue weighted by Crippen LogP contribution is 2.19. The van der Waals surface area contributed by atoms with Crippen LogP contribution in [0.3, 0.4) is 0 Å². The zero-order valence-electron chi connectivity index (χ0n) is 7.30. The number of nitrogens with one attached hydrogen (secondary N) is 1. The lowest BCUT2D eigenvalue weighted by molar-refractivity contribution is -0.114. The molecular formula is C9H11ClN2O. The van der Waals surface area contributed by atoms with Crippen LogP contribution in [0, 0.1) is 0 Å². The summed E-state index contributed by atoms with van der Waals surface area (Å²) in [6.07, 6.45) is 0. The molecule has 0 bridgehead atoms. The van der Waals surface area contributed by atoms with Crippen molar-refractivity contribution < 1.29 is 4.79 Å². The van der Waals surface area contributed by atoms with Crippen LogP contribution in [-0.4, -0.2) is 5.91 Å². The van der Waals surface area contributed by atoms with Gasteiger partial charge < -0.3 is 11.1 Å². The first-order chi connectivity index (χ1) is 6.13. The van der Waals surface area contributed by atoms with Crippen molar-refractivity contribution in [1.82, 2.24) is 0 Å². The lowest BCUT2D eigenvalue weighted by Crippen LogP contribution is -2.09. The lowest BCUT2D eigenvalue weighted by Gasteiger charge is -2.07. The molecule has 1 aromatic carbocycles. The molecule has 13 heavy (non-hydrogen) atoms. The number of hydrogen-bond acceptors (Lipinski definition) is 2. The van der Waals surface area contributed by atoms with E-state index in [2.05, 4.69) is 5.32 Å². The van der Waals surface area contributed by atoms with Gasteiger partial charge in [0, 0.05) is 24.2 Å². The minimum Gasteiger partial charge on any atom is -0.326 e. The van der Waals surface area contributed by atoms with Crippen molar-refractivity contribution in [3.05, 3.63) is 28.8 Å². The SMILES string of the molecule is CC(=O)Nc1ccc(Cl)cc1CN. The zero-order chi connectivity index (χ0) is 9.84. The van der Waals surface area contributed by atoms with E-state index in [0.29, 0.717) is 11.6 Å². The van der Waals surface area contributed by atoms with Gasteiger partial charge in [0.15, 0.2) is 0 Å². The Bertz CT molecular complexity index is 325. The number of halogens is 1. The molecule has 0 aliphatic carbocycles. The van der Waals surface area contributed by atoms with Gasteiger partial charge in [-0.05, 0) is 23.8 Å². The summed E-state index contributed by atoms with van der Waals surface area (Å²) >= 11 is 5.76. The van der Waals surface area contributed by atoms with Crippen molar-refractivity contribution in [3.8, 4) is 0 Å². The van der Waals surface area contributed by atoms with Crippen molar-refractivity contribution in [2.75, 3.05) is 5.32 Å². The molecule has 0 aliphatic rings. The Morgan fingerprint density at radius 1 is 1.62 bits per heavy atom. The summed E-state index contributed by atoms with van der Waals surface area (Å²) in [4.78, 5) is 10.8. The van der Waals surface area contributed by atoms with Gasteiger partial charge >= 0.3 is 0 Å². The average Bonchev–Trinajstić information content (AvgIpc) is 2.07. The second-order valence-electron chi connectivity index (χ2n) is 2.69. The summed E-state index contributed by atoms with van der Waals surface area (Å²) in [6, 6.07) is 5.20. The van der Waals surface area contributed by atoms with Crippen molar-refractivity contribution in [2.45, 2.75) is 13.5 Å². The summed E-state index contributed by atoms with van der Waals surface area (Å²) < 4.78 is 0. The Balaban J connectivity index is 2.99. The van der Waals surface area contributed by atoms with Gasteiger partial charge in [0.25, 0.3) is 0 Å². The number of carbonyl (C=O) groups is 1. The van der Waals surface area contributed by atoms with Gasteiger partial charge in [-0.25, -0.2) is 0 Å². The highest BCUT2D eigenvalue weighted by molar-refractivity contribution is 6.30. The largest absolute Gasteiger partial charge is 0.326 e. The van der Waals surface area contributed by atoms with E-state index in [-0.39, 0.29) is 5.91 Å². The molecule has 3 nitrogen and oxygen atoms in total. The van der Waals surface area contributed by atoms with E-state index in [1.54, 1.807) is 18.2 Å². The molecule has 0 spiro atoms. The maximum atomic E-state index is 10.8. The standard InChI is InChI=1S/C9H11ClN2O/c1-6(13)12-9-3-2-8(10)4-7(9)5-11/h2-4H,5,11H2,1H3,(H,12,13). The third-order valence-corrected chi connectivity index (χ3v) is 1.83. The van der Waals surface area contributed by atoms with E-state index in [0.717, 1.165) is 11.3 Å². The van der Waals surface area contributed by atoms with Gasteiger partial charge in [0.05, 0.1) is 0 Å². The Morgan fingerprint density at radius 2 is 2.31 bits per heavy atom. The first-order valence-corrected chi connectivity index (χ1v) is 4.27. The van der Waals surface area contributed by atoms with Crippen LogP contribution in [0.15, 0.2) is 18.2 Å². The third kappa shape index (κ3) is 2.72. The van der Waals surface area contributed by atoms with Crippen LogP contribution >= 0.6 is 11.6 Å². The second-order valence-corrected chi connectivity index (χ2v) is 3.12. The van der Waals surface area contributed by atoms with Gasteiger partial charge in [-0.1, -0.05) is 11.6 Å². The predicted molar refractivity (Wildman–Crippen MR) is 53.6 cm³/mol. The molecule has 1 aromatic rings. The van der Waals surface area contributed by atoms with Gasteiger partial charge in [0.1, 0.15) is 0 Å². The van der Waals surface area contributed by atoms with Crippen molar-refractivity contribution in [2.24, 2.45) is 5.73 Å². The molecule has 0 saturated carbocycles.